The van der Waals surface area contributed by atoms with Crippen molar-refractivity contribution in [2.24, 2.45) is 0 Å². The molecular weight excluding hydrogens is 324 g/mol. The molecule has 0 bridgehead atoms. The monoisotopic (exact) mass is 344 g/mol. The lowest BCUT2D eigenvalue weighted by molar-refractivity contribution is 0.415. The molecule has 1 aromatic heterocycles. The highest BCUT2D eigenvalue weighted by Crippen LogP contribution is 2.25. The number of fused-ring (bicyclic) bond motifs is 1. The quantitative estimate of drug-likeness (QED) is 0.568. The third-order valence-corrected chi connectivity index (χ3v) is 4.35. The summed E-state index contributed by atoms with van der Waals surface area (Å²) in [6.45, 7) is 2.15. The normalized spacial score (nSPS) is 10.8. The maximum absolute atomic E-state index is 5.27. The zero-order valence-electron chi connectivity index (χ0n) is 14.8. The number of methoxy groups -OCH3 is 1. The highest BCUT2D eigenvalue weighted by atomic mass is 16.5. The Kier molecular flexibility index (Phi) is 4.27. The van der Waals surface area contributed by atoms with E-state index in [1.54, 1.807) is 11.9 Å². The van der Waals surface area contributed by atoms with Gasteiger partial charge in [-0.1, -0.05) is 31.2 Å². The molecule has 0 spiro atoms. The minimum Gasteiger partial charge on any atom is -0.497 e. The molecule has 130 valence electrons. The summed E-state index contributed by atoms with van der Waals surface area (Å²) in [5.74, 6) is 0.770. The summed E-state index contributed by atoms with van der Waals surface area (Å²) in [6.07, 6.45) is 1.03. The highest BCUT2D eigenvalue weighted by Gasteiger charge is 2.10. The molecule has 0 saturated carbocycles. The Morgan fingerprint density at radius 3 is 2.46 bits per heavy atom. The average Bonchev–Trinajstić information content (AvgIpc) is 3.12. The van der Waals surface area contributed by atoms with E-state index in [1.807, 2.05) is 42.5 Å². The lowest BCUT2D eigenvalue weighted by atomic mass is 10.1. The number of hydrogen-bond donors (Lipinski definition) is 1. The molecule has 0 unspecified atom stereocenters. The van der Waals surface area contributed by atoms with Crippen molar-refractivity contribution in [3.8, 4) is 11.4 Å². The fourth-order valence-electron chi connectivity index (χ4n) is 2.86. The summed E-state index contributed by atoms with van der Waals surface area (Å²) in [7, 11) is 1.65. The fourth-order valence-corrected chi connectivity index (χ4v) is 2.86. The maximum Gasteiger partial charge on any atom is 0.121 e. The topological polar surface area (TPSA) is 52.0 Å². The van der Waals surface area contributed by atoms with Gasteiger partial charge in [0, 0.05) is 11.8 Å². The number of nitrogens with one attached hydrogen (secondary N) is 1. The van der Waals surface area contributed by atoms with E-state index >= 15 is 0 Å². The predicted molar refractivity (Wildman–Crippen MR) is 105 cm³/mol. The number of benzene rings is 3. The molecule has 1 N–H and O–H groups in total. The van der Waals surface area contributed by atoms with Gasteiger partial charge in [-0.2, -0.15) is 0 Å². The van der Waals surface area contributed by atoms with E-state index in [0.717, 1.165) is 40.3 Å². The maximum atomic E-state index is 5.27. The smallest absolute Gasteiger partial charge is 0.121 e. The average molecular weight is 344 g/mol. The van der Waals surface area contributed by atoms with Crippen LogP contribution in [0, 0.1) is 0 Å². The second kappa shape index (κ2) is 6.88. The first-order valence-electron chi connectivity index (χ1n) is 8.63. The molecule has 0 aliphatic carbocycles. The molecule has 0 atom stereocenters. The van der Waals surface area contributed by atoms with E-state index < -0.39 is 0 Å². The molecule has 4 aromatic rings. The summed E-state index contributed by atoms with van der Waals surface area (Å²) in [5, 5.41) is 12.7. The summed E-state index contributed by atoms with van der Waals surface area (Å²) < 4.78 is 5.27. The van der Waals surface area contributed by atoms with Crippen molar-refractivity contribution in [1.82, 2.24) is 15.0 Å². The molecule has 5 nitrogen and oxygen atoms in total. The lowest BCUT2D eigenvalue weighted by Crippen LogP contribution is -2.03. The number of hydrogen-bond acceptors (Lipinski definition) is 4. The molecule has 0 amide bonds. The van der Waals surface area contributed by atoms with Crippen molar-refractivity contribution >= 4 is 22.4 Å². The Labute approximate surface area is 152 Å². The number of nitrogens with zero attached hydrogens (tertiary/aromatic N) is 3. The van der Waals surface area contributed by atoms with Gasteiger partial charge in [-0.05, 0) is 48.4 Å². The largest absolute Gasteiger partial charge is 0.497 e. The van der Waals surface area contributed by atoms with Gasteiger partial charge in [-0.3, -0.25) is 0 Å². The minimum atomic E-state index is 0.770. The van der Waals surface area contributed by atoms with Gasteiger partial charge in [-0.15, -0.1) is 15.0 Å². The zero-order valence-corrected chi connectivity index (χ0v) is 14.8. The standard InChI is InChI=1S/C21H20N4O/c1-3-15-8-10-16(11-9-15)22-19-6-4-5-7-21(19)25-23-18-13-12-17(26-2)14-20(18)24-25/h4-14,22H,3H2,1-2H3. The third kappa shape index (κ3) is 3.11. The molecule has 0 radical (unpaired) electrons. The Balaban J connectivity index is 1.70. The molecule has 4 rings (SSSR count). The van der Waals surface area contributed by atoms with Crippen molar-refractivity contribution < 1.29 is 4.74 Å². The Bertz CT molecular complexity index is 1040. The van der Waals surface area contributed by atoms with Gasteiger partial charge in [0.15, 0.2) is 0 Å². The molecule has 0 saturated heterocycles. The summed E-state index contributed by atoms with van der Waals surface area (Å²) in [5.41, 5.74) is 5.82. The number of ether oxygens (including phenoxy) is 1. The van der Waals surface area contributed by atoms with Crippen LogP contribution in [-0.4, -0.2) is 22.1 Å². The molecule has 0 aliphatic rings. The molecule has 3 aromatic carbocycles. The molecule has 26 heavy (non-hydrogen) atoms. The van der Waals surface area contributed by atoms with Gasteiger partial charge in [0.25, 0.3) is 0 Å². The Morgan fingerprint density at radius 1 is 0.923 bits per heavy atom. The first-order chi connectivity index (χ1) is 12.8. The number of aryl methyl sites for hydroxylation is 1. The van der Waals surface area contributed by atoms with Crippen LogP contribution in [0.1, 0.15) is 12.5 Å². The SMILES string of the molecule is CCc1ccc(Nc2ccccc2-n2nc3ccc(OC)cc3n2)cc1. The van der Waals surface area contributed by atoms with Crippen molar-refractivity contribution in [2.45, 2.75) is 13.3 Å². The number of para-hydroxylation sites is 2. The van der Waals surface area contributed by atoms with Gasteiger partial charge >= 0.3 is 0 Å². The van der Waals surface area contributed by atoms with Crippen molar-refractivity contribution in [2.75, 3.05) is 12.4 Å². The van der Waals surface area contributed by atoms with Crippen LogP contribution in [0.4, 0.5) is 11.4 Å². The lowest BCUT2D eigenvalue weighted by Gasteiger charge is -2.11. The van der Waals surface area contributed by atoms with Crippen LogP contribution in [-0.2, 0) is 6.42 Å². The summed E-state index contributed by atoms with van der Waals surface area (Å²) in [4.78, 5) is 1.66. The van der Waals surface area contributed by atoms with Crippen molar-refractivity contribution in [3.05, 3.63) is 72.3 Å². The number of rotatable bonds is 5. The van der Waals surface area contributed by atoms with Gasteiger partial charge < -0.3 is 10.1 Å². The van der Waals surface area contributed by atoms with Crippen LogP contribution in [0.25, 0.3) is 16.7 Å². The van der Waals surface area contributed by atoms with E-state index in [2.05, 4.69) is 46.7 Å². The van der Waals surface area contributed by atoms with Crippen molar-refractivity contribution in [1.29, 1.82) is 0 Å². The fraction of sp³-hybridized carbons (Fsp3) is 0.143. The molecular formula is C21H20N4O. The van der Waals surface area contributed by atoms with Crippen LogP contribution in [0.15, 0.2) is 66.7 Å². The van der Waals surface area contributed by atoms with E-state index in [4.69, 9.17) is 4.74 Å². The molecule has 0 fully saturated rings. The number of anilines is 2. The highest BCUT2D eigenvalue weighted by molar-refractivity contribution is 5.76. The van der Waals surface area contributed by atoms with E-state index in [0.29, 0.717) is 0 Å². The van der Waals surface area contributed by atoms with Crippen molar-refractivity contribution in [3.63, 3.8) is 0 Å². The van der Waals surface area contributed by atoms with Gasteiger partial charge in [-0.25, -0.2) is 0 Å². The van der Waals surface area contributed by atoms with Gasteiger partial charge in [0.2, 0.25) is 0 Å². The molecule has 0 aliphatic heterocycles. The van der Waals surface area contributed by atoms with E-state index in [1.165, 1.54) is 5.56 Å². The van der Waals surface area contributed by atoms with E-state index in [-0.39, 0.29) is 0 Å². The van der Waals surface area contributed by atoms with Gasteiger partial charge in [0.05, 0.1) is 12.8 Å². The van der Waals surface area contributed by atoms with Crippen LogP contribution in [0.3, 0.4) is 0 Å². The zero-order chi connectivity index (χ0) is 17.9. The summed E-state index contributed by atoms with van der Waals surface area (Å²) in [6, 6.07) is 22.1. The molecule has 5 heteroatoms. The number of aromatic nitrogens is 3. The first kappa shape index (κ1) is 16.1. The molecule has 1 heterocycles. The van der Waals surface area contributed by atoms with Crippen LogP contribution < -0.4 is 10.1 Å². The third-order valence-electron chi connectivity index (χ3n) is 4.35. The Hall–Kier alpha value is -3.34. The predicted octanol–water partition coefficient (Wildman–Crippen LogP) is 4.74. The Morgan fingerprint density at radius 2 is 1.69 bits per heavy atom. The van der Waals surface area contributed by atoms with Crippen LogP contribution >= 0.6 is 0 Å². The van der Waals surface area contributed by atoms with Crippen LogP contribution in [0.2, 0.25) is 0 Å². The second-order valence-electron chi connectivity index (χ2n) is 6.04. The second-order valence-corrected chi connectivity index (χ2v) is 6.04. The minimum absolute atomic E-state index is 0.770. The first-order valence-corrected chi connectivity index (χ1v) is 8.63. The van der Waals surface area contributed by atoms with Gasteiger partial charge in [0.1, 0.15) is 22.5 Å². The van der Waals surface area contributed by atoms with E-state index in [9.17, 15) is 0 Å². The van der Waals surface area contributed by atoms with Crippen LogP contribution in [0.5, 0.6) is 5.75 Å². The summed E-state index contributed by atoms with van der Waals surface area (Å²) >= 11 is 0.